The highest BCUT2D eigenvalue weighted by Gasteiger charge is 2.37. The van der Waals surface area contributed by atoms with Crippen LogP contribution < -0.4 is 10.6 Å². The smallest absolute Gasteiger partial charge is 0.408 e. The van der Waals surface area contributed by atoms with E-state index >= 15 is 0 Å². The van der Waals surface area contributed by atoms with Gasteiger partial charge in [0.1, 0.15) is 24.2 Å². The number of nitrogens with zero attached hydrogens (tertiary/aromatic N) is 1. The Hall–Kier alpha value is -4.32. The minimum absolute atomic E-state index is 0.159. The number of carbonyl (C=O) groups excluding carboxylic acids is 4. The van der Waals surface area contributed by atoms with Gasteiger partial charge >= 0.3 is 12.1 Å². The summed E-state index contributed by atoms with van der Waals surface area (Å²) in [7, 11) is 1.21. The molecule has 9 heteroatoms. The molecule has 208 valence electrons. The summed E-state index contributed by atoms with van der Waals surface area (Å²) >= 11 is 0. The van der Waals surface area contributed by atoms with Crippen molar-refractivity contribution in [2.24, 2.45) is 0 Å². The van der Waals surface area contributed by atoms with Gasteiger partial charge in [-0.15, -0.1) is 6.42 Å². The summed E-state index contributed by atoms with van der Waals surface area (Å²) in [4.78, 5) is 53.6. The first-order valence-electron chi connectivity index (χ1n) is 12.7. The van der Waals surface area contributed by atoms with Crippen LogP contribution in [-0.2, 0) is 30.3 Å². The van der Waals surface area contributed by atoms with Crippen molar-refractivity contribution in [3.63, 3.8) is 0 Å². The lowest BCUT2D eigenvalue weighted by atomic mass is 9.96. The second-order valence-electron chi connectivity index (χ2n) is 9.85. The molecule has 0 spiro atoms. The zero-order chi connectivity index (χ0) is 29.0. The fraction of sp³-hybridized carbons (Fsp3) is 0.400. The summed E-state index contributed by atoms with van der Waals surface area (Å²) in [5.41, 5.74) is 0.860. The standard InChI is InChI=1S/C30H37N3O6/c1-7-18-33(26(27(35)31-20-25(34)38-6)23-17-13-12-16-22(23)8-2)28(36)24(19-21-14-10-9-11-15-21)32-29(37)39-30(3,4)5/h2,9-17,24,26H,7,18-20H2,1,3-6H3,(H,31,35)(H,32,37). The van der Waals surface area contributed by atoms with Gasteiger partial charge in [-0.25, -0.2) is 4.79 Å². The molecule has 0 bridgehead atoms. The molecule has 0 heterocycles. The monoisotopic (exact) mass is 535 g/mol. The van der Waals surface area contributed by atoms with E-state index in [9.17, 15) is 19.2 Å². The van der Waals surface area contributed by atoms with Crippen molar-refractivity contribution < 1.29 is 28.7 Å². The number of ether oxygens (including phenoxy) is 2. The highest BCUT2D eigenvalue weighted by molar-refractivity contribution is 5.93. The van der Waals surface area contributed by atoms with Crippen LogP contribution in [0.1, 0.15) is 56.8 Å². The number of hydrogen-bond donors (Lipinski definition) is 2. The van der Waals surface area contributed by atoms with E-state index in [2.05, 4.69) is 21.3 Å². The van der Waals surface area contributed by atoms with Crippen molar-refractivity contribution in [3.8, 4) is 12.3 Å². The Morgan fingerprint density at radius 2 is 1.67 bits per heavy atom. The molecule has 0 aliphatic heterocycles. The molecule has 2 unspecified atom stereocenters. The molecule has 0 aliphatic rings. The summed E-state index contributed by atoms with van der Waals surface area (Å²) in [6, 6.07) is 13.8. The average molecular weight is 536 g/mol. The molecule has 0 aromatic heterocycles. The zero-order valence-electron chi connectivity index (χ0n) is 23.2. The molecule has 9 nitrogen and oxygen atoms in total. The quantitative estimate of drug-likeness (QED) is 0.337. The van der Waals surface area contributed by atoms with Crippen molar-refractivity contribution in [3.05, 3.63) is 71.3 Å². The van der Waals surface area contributed by atoms with Crippen LogP contribution in [0, 0.1) is 12.3 Å². The summed E-state index contributed by atoms with van der Waals surface area (Å²) in [6.45, 7) is 6.83. The Bertz CT molecular complexity index is 1180. The minimum Gasteiger partial charge on any atom is -0.468 e. The fourth-order valence-electron chi connectivity index (χ4n) is 3.95. The molecule has 0 saturated carbocycles. The van der Waals surface area contributed by atoms with Gasteiger partial charge in [0.25, 0.3) is 0 Å². The molecule has 0 saturated heterocycles. The Morgan fingerprint density at radius 3 is 2.26 bits per heavy atom. The first kappa shape index (κ1) is 30.9. The lowest BCUT2D eigenvalue weighted by Gasteiger charge is -2.34. The summed E-state index contributed by atoms with van der Waals surface area (Å²) < 4.78 is 10.1. The summed E-state index contributed by atoms with van der Waals surface area (Å²) in [6.07, 6.45) is 5.64. The highest BCUT2D eigenvalue weighted by Crippen LogP contribution is 2.26. The largest absolute Gasteiger partial charge is 0.468 e. The lowest BCUT2D eigenvalue weighted by molar-refractivity contribution is -0.144. The second-order valence-corrected chi connectivity index (χ2v) is 9.85. The van der Waals surface area contributed by atoms with Gasteiger partial charge in [-0.3, -0.25) is 14.4 Å². The van der Waals surface area contributed by atoms with Gasteiger partial charge in [-0.2, -0.15) is 0 Å². The van der Waals surface area contributed by atoms with Crippen LogP contribution in [0.3, 0.4) is 0 Å². The van der Waals surface area contributed by atoms with E-state index in [1.807, 2.05) is 37.3 Å². The summed E-state index contributed by atoms with van der Waals surface area (Å²) in [5, 5.41) is 5.24. The molecule has 39 heavy (non-hydrogen) atoms. The van der Waals surface area contributed by atoms with Gasteiger partial charge in [0.05, 0.1) is 7.11 Å². The Balaban J connectivity index is 2.55. The normalized spacial score (nSPS) is 12.3. The van der Waals surface area contributed by atoms with Crippen molar-refractivity contribution in [2.45, 2.75) is 58.2 Å². The van der Waals surface area contributed by atoms with E-state index in [4.69, 9.17) is 11.2 Å². The van der Waals surface area contributed by atoms with Gasteiger partial charge in [0.2, 0.25) is 11.8 Å². The third-order valence-corrected chi connectivity index (χ3v) is 5.62. The molecule has 2 rings (SSSR count). The van der Waals surface area contributed by atoms with E-state index in [1.165, 1.54) is 12.0 Å². The van der Waals surface area contributed by atoms with Crippen LogP contribution in [-0.4, -0.2) is 60.6 Å². The Morgan fingerprint density at radius 1 is 1.03 bits per heavy atom. The number of amides is 3. The van der Waals surface area contributed by atoms with E-state index in [0.717, 1.165) is 5.56 Å². The molecular weight excluding hydrogens is 498 g/mol. The van der Waals surface area contributed by atoms with Crippen molar-refractivity contribution in [1.29, 1.82) is 0 Å². The van der Waals surface area contributed by atoms with Gasteiger partial charge in [0.15, 0.2) is 0 Å². The topological polar surface area (TPSA) is 114 Å². The number of alkyl carbamates (subject to hydrolysis) is 1. The number of terminal acetylenes is 1. The van der Waals surface area contributed by atoms with Crippen LogP contribution in [0.25, 0.3) is 0 Å². The molecule has 0 radical (unpaired) electrons. The molecule has 0 aliphatic carbocycles. The predicted octanol–water partition coefficient (Wildman–Crippen LogP) is 3.37. The van der Waals surface area contributed by atoms with Crippen molar-refractivity contribution >= 4 is 23.9 Å². The Labute approximate surface area is 230 Å². The number of nitrogens with one attached hydrogen (secondary N) is 2. The van der Waals surface area contributed by atoms with Crippen molar-refractivity contribution in [2.75, 3.05) is 20.2 Å². The van der Waals surface area contributed by atoms with Gasteiger partial charge in [0, 0.05) is 18.5 Å². The highest BCUT2D eigenvalue weighted by atomic mass is 16.6. The molecule has 3 amide bonds. The second kappa shape index (κ2) is 14.6. The predicted molar refractivity (Wildman–Crippen MR) is 147 cm³/mol. The number of benzene rings is 2. The maximum Gasteiger partial charge on any atom is 0.408 e. The molecule has 2 aromatic rings. The molecule has 0 fully saturated rings. The molecule has 2 N–H and O–H groups in total. The fourth-order valence-corrected chi connectivity index (χ4v) is 3.95. The van der Waals surface area contributed by atoms with Crippen LogP contribution >= 0.6 is 0 Å². The van der Waals surface area contributed by atoms with Gasteiger partial charge < -0.3 is 25.0 Å². The van der Waals surface area contributed by atoms with Gasteiger partial charge in [-0.1, -0.05) is 61.4 Å². The SMILES string of the molecule is C#Cc1ccccc1C(C(=O)NCC(=O)OC)N(CCC)C(=O)C(Cc1ccccc1)NC(=O)OC(C)(C)C. The first-order chi connectivity index (χ1) is 18.5. The van der Waals surface area contributed by atoms with Crippen LogP contribution in [0.4, 0.5) is 4.79 Å². The molecular formula is C30H37N3O6. The zero-order valence-corrected chi connectivity index (χ0v) is 23.2. The van der Waals surface area contributed by atoms with Crippen molar-refractivity contribution in [1.82, 2.24) is 15.5 Å². The lowest BCUT2D eigenvalue weighted by Crippen LogP contribution is -2.54. The van der Waals surface area contributed by atoms with E-state index in [0.29, 0.717) is 17.5 Å². The van der Waals surface area contributed by atoms with E-state index < -0.39 is 41.6 Å². The third kappa shape index (κ3) is 9.49. The maximum atomic E-state index is 14.2. The first-order valence-corrected chi connectivity index (χ1v) is 12.7. The van der Waals surface area contributed by atoms with Gasteiger partial charge in [-0.05, 0) is 44.4 Å². The number of hydrogen-bond acceptors (Lipinski definition) is 6. The van der Waals surface area contributed by atoms with E-state index in [-0.39, 0.29) is 19.5 Å². The maximum absolute atomic E-state index is 14.2. The summed E-state index contributed by atoms with van der Waals surface area (Å²) in [5.74, 6) is 0.813. The number of rotatable bonds is 11. The van der Waals surface area contributed by atoms with Crippen LogP contribution in [0.2, 0.25) is 0 Å². The average Bonchev–Trinajstić information content (AvgIpc) is 2.90. The van der Waals surface area contributed by atoms with Crippen LogP contribution in [0.5, 0.6) is 0 Å². The van der Waals surface area contributed by atoms with Crippen LogP contribution in [0.15, 0.2) is 54.6 Å². The Kier molecular flexibility index (Phi) is 11.5. The number of esters is 1. The molecule has 2 aromatic carbocycles. The molecule has 2 atom stereocenters. The van der Waals surface area contributed by atoms with E-state index in [1.54, 1.807) is 45.0 Å². The third-order valence-electron chi connectivity index (χ3n) is 5.62. The number of carbonyl (C=O) groups is 4. The minimum atomic E-state index is -1.17. The number of methoxy groups -OCH3 is 1.